The highest BCUT2D eigenvalue weighted by molar-refractivity contribution is 6.36. The third-order valence-corrected chi connectivity index (χ3v) is 5.41. The summed E-state index contributed by atoms with van der Waals surface area (Å²) >= 11 is 11.6. The summed E-state index contributed by atoms with van der Waals surface area (Å²) < 4.78 is 0. The van der Waals surface area contributed by atoms with Crippen molar-refractivity contribution in [2.75, 3.05) is 6.54 Å². The first-order valence-corrected chi connectivity index (χ1v) is 7.20. The van der Waals surface area contributed by atoms with Gasteiger partial charge >= 0.3 is 0 Å². The van der Waals surface area contributed by atoms with Crippen LogP contribution < -0.4 is 5.32 Å². The van der Waals surface area contributed by atoms with Gasteiger partial charge in [-0.3, -0.25) is 0 Å². The van der Waals surface area contributed by atoms with Crippen LogP contribution in [0.25, 0.3) is 0 Å². The minimum Gasteiger partial charge on any atom is -0.306 e. The lowest BCUT2D eigenvalue weighted by Gasteiger charge is -2.57. The zero-order valence-corrected chi connectivity index (χ0v) is 11.0. The summed E-state index contributed by atoms with van der Waals surface area (Å²) in [6, 6.07) is 0. The SMILES string of the molecule is ClC=C(Cl)CNC12CC3CC(CC(C3)C1)C2. The van der Waals surface area contributed by atoms with Crippen molar-refractivity contribution in [3.05, 3.63) is 10.6 Å². The van der Waals surface area contributed by atoms with Crippen molar-refractivity contribution in [1.29, 1.82) is 0 Å². The topological polar surface area (TPSA) is 12.0 Å². The summed E-state index contributed by atoms with van der Waals surface area (Å²) in [5.74, 6) is 2.95. The summed E-state index contributed by atoms with van der Waals surface area (Å²) in [5, 5.41) is 4.43. The van der Waals surface area contributed by atoms with Crippen molar-refractivity contribution in [2.24, 2.45) is 17.8 Å². The third kappa shape index (κ3) is 2.02. The zero-order valence-electron chi connectivity index (χ0n) is 9.52. The molecule has 4 aliphatic carbocycles. The normalized spacial score (nSPS) is 46.4. The average Bonchev–Trinajstić information content (AvgIpc) is 2.24. The van der Waals surface area contributed by atoms with Gasteiger partial charge in [0, 0.05) is 22.7 Å². The molecule has 1 nitrogen and oxygen atoms in total. The molecule has 4 bridgehead atoms. The monoisotopic (exact) mass is 259 g/mol. The van der Waals surface area contributed by atoms with Crippen LogP contribution in [0, 0.1) is 17.8 Å². The van der Waals surface area contributed by atoms with E-state index in [1.165, 1.54) is 44.1 Å². The van der Waals surface area contributed by atoms with Crippen LogP contribution in [-0.2, 0) is 0 Å². The molecule has 0 aliphatic heterocycles. The van der Waals surface area contributed by atoms with Crippen LogP contribution in [0.2, 0.25) is 0 Å². The second-order valence-electron chi connectivity index (χ2n) is 6.11. The lowest BCUT2D eigenvalue weighted by Crippen LogP contribution is -2.58. The molecule has 4 rings (SSSR count). The van der Waals surface area contributed by atoms with Gasteiger partial charge in [0.2, 0.25) is 0 Å². The quantitative estimate of drug-likeness (QED) is 0.812. The third-order valence-electron chi connectivity index (χ3n) is 4.79. The first-order valence-electron chi connectivity index (χ1n) is 6.39. The van der Waals surface area contributed by atoms with Gasteiger partial charge < -0.3 is 5.32 Å². The standard InChI is InChI=1S/C13H19Cl2N/c14-7-12(15)8-16-13-4-9-1-10(5-13)3-11(2-9)6-13/h7,9-11,16H,1-6,8H2. The summed E-state index contributed by atoms with van der Waals surface area (Å²) in [7, 11) is 0. The molecular weight excluding hydrogens is 241 g/mol. The number of hydrogen-bond donors (Lipinski definition) is 1. The van der Waals surface area contributed by atoms with Gasteiger partial charge in [-0.1, -0.05) is 23.2 Å². The van der Waals surface area contributed by atoms with Crippen molar-refractivity contribution >= 4 is 23.2 Å². The molecule has 16 heavy (non-hydrogen) atoms. The lowest BCUT2D eigenvalue weighted by atomic mass is 9.53. The maximum Gasteiger partial charge on any atom is 0.0432 e. The molecule has 4 saturated carbocycles. The van der Waals surface area contributed by atoms with Crippen LogP contribution in [0.4, 0.5) is 0 Å². The van der Waals surface area contributed by atoms with Gasteiger partial charge in [0.1, 0.15) is 0 Å². The van der Waals surface area contributed by atoms with E-state index >= 15 is 0 Å². The van der Waals surface area contributed by atoms with Crippen molar-refractivity contribution in [3.63, 3.8) is 0 Å². The fraction of sp³-hybridized carbons (Fsp3) is 0.846. The van der Waals surface area contributed by atoms with E-state index in [9.17, 15) is 0 Å². The fourth-order valence-electron chi connectivity index (χ4n) is 4.64. The Hall–Kier alpha value is 0.280. The van der Waals surface area contributed by atoms with Crippen molar-refractivity contribution in [3.8, 4) is 0 Å². The van der Waals surface area contributed by atoms with Gasteiger partial charge in [-0.15, -0.1) is 0 Å². The molecule has 0 heterocycles. The van der Waals surface area contributed by atoms with E-state index in [0.717, 1.165) is 29.3 Å². The van der Waals surface area contributed by atoms with E-state index in [1.54, 1.807) is 0 Å². The van der Waals surface area contributed by atoms with Gasteiger partial charge in [0.25, 0.3) is 0 Å². The van der Waals surface area contributed by atoms with Crippen LogP contribution in [0.1, 0.15) is 38.5 Å². The highest BCUT2D eigenvalue weighted by Crippen LogP contribution is 2.55. The zero-order chi connectivity index (χ0) is 11.2. The van der Waals surface area contributed by atoms with E-state index < -0.39 is 0 Å². The minimum atomic E-state index is 0.398. The molecule has 0 aromatic carbocycles. The molecule has 4 fully saturated rings. The Morgan fingerprint density at radius 2 is 1.62 bits per heavy atom. The average molecular weight is 260 g/mol. The molecule has 0 spiro atoms. The fourth-order valence-corrected chi connectivity index (χ4v) is 4.78. The van der Waals surface area contributed by atoms with E-state index in [-0.39, 0.29) is 0 Å². The molecule has 0 radical (unpaired) electrons. The Labute approximate surface area is 108 Å². The Morgan fingerprint density at radius 1 is 1.12 bits per heavy atom. The molecule has 0 unspecified atom stereocenters. The van der Waals surface area contributed by atoms with E-state index in [4.69, 9.17) is 23.2 Å². The molecular formula is C13H19Cl2N. The Morgan fingerprint density at radius 3 is 2.06 bits per heavy atom. The summed E-state index contributed by atoms with van der Waals surface area (Å²) in [4.78, 5) is 0. The summed E-state index contributed by atoms with van der Waals surface area (Å²) in [6.45, 7) is 0.747. The molecule has 0 amide bonds. The van der Waals surface area contributed by atoms with E-state index in [0.29, 0.717) is 5.54 Å². The first-order chi connectivity index (χ1) is 7.69. The van der Waals surface area contributed by atoms with Gasteiger partial charge in [-0.2, -0.15) is 0 Å². The van der Waals surface area contributed by atoms with Crippen LogP contribution >= 0.6 is 23.2 Å². The van der Waals surface area contributed by atoms with Gasteiger partial charge in [-0.05, 0) is 56.3 Å². The van der Waals surface area contributed by atoms with Crippen molar-refractivity contribution in [1.82, 2.24) is 5.32 Å². The van der Waals surface area contributed by atoms with E-state index in [2.05, 4.69) is 5.32 Å². The molecule has 0 saturated heterocycles. The van der Waals surface area contributed by atoms with Crippen LogP contribution in [-0.4, -0.2) is 12.1 Å². The van der Waals surface area contributed by atoms with Crippen molar-refractivity contribution in [2.45, 2.75) is 44.1 Å². The molecule has 0 atom stereocenters. The molecule has 3 heteroatoms. The van der Waals surface area contributed by atoms with Crippen LogP contribution in [0.15, 0.2) is 10.6 Å². The minimum absolute atomic E-state index is 0.398. The largest absolute Gasteiger partial charge is 0.306 e. The summed E-state index contributed by atoms with van der Waals surface area (Å²) in [6.07, 6.45) is 8.56. The molecule has 4 aliphatic rings. The molecule has 0 aromatic heterocycles. The van der Waals surface area contributed by atoms with Gasteiger partial charge in [0.05, 0.1) is 0 Å². The summed E-state index contributed by atoms with van der Waals surface area (Å²) in [5.41, 5.74) is 1.88. The molecule has 90 valence electrons. The first kappa shape index (κ1) is 11.4. The maximum absolute atomic E-state index is 5.97. The van der Waals surface area contributed by atoms with Crippen LogP contribution in [0.3, 0.4) is 0 Å². The highest BCUT2D eigenvalue weighted by atomic mass is 35.5. The predicted octanol–water partition coefficient (Wildman–Crippen LogP) is 3.86. The Bertz CT molecular complexity index is 276. The van der Waals surface area contributed by atoms with Crippen molar-refractivity contribution < 1.29 is 0 Å². The van der Waals surface area contributed by atoms with Crippen LogP contribution in [0.5, 0.6) is 0 Å². The maximum atomic E-state index is 5.97. The second-order valence-corrected chi connectivity index (χ2v) is 6.81. The number of hydrogen-bond acceptors (Lipinski definition) is 1. The van der Waals surface area contributed by atoms with Gasteiger partial charge in [-0.25, -0.2) is 0 Å². The van der Waals surface area contributed by atoms with E-state index in [1.807, 2.05) is 0 Å². The van der Waals surface area contributed by atoms with Gasteiger partial charge in [0.15, 0.2) is 0 Å². The molecule has 0 aromatic rings. The predicted molar refractivity (Wildman–Crippen MR) is 68.7 cm³/mol. The lowest BCUT2D eigenvalue weighted by molar-refractivity contribution is -0.0180. The number of rotatable bonds is 3. The Balaban J connectivity index is 1.69. The molecule has 1 N–H and O–H groups in total. The Kier molecular flexibility index (Phi) is 2.98. The highest BCUT2D eigenvalue weighted by Gasteiger charge is 2.50. The number of nitrogens with one attached hydrogen (secondary N) is 1. The number of halogens is 2. The second kappa shape index (κ2) is 4.19. The smallest absolute Gasteiger partial charge is 0.0432 e.